The highest BCUT2D eigenvalue weighted by Crippen LogP contribution is 2.33. The van der Waals surface area contributed by atoms with Crippen molar-refractivity contribution in [1.29, 1.82) is 0 Å². The molecule has 1 aromatic carbocycles. The molecule has 27 heavy (non-hydrogen) atoms. The highest BCUT2D eigenvalue weighted by Gasteiger charge is 2.35. The Balaban J connectivity index is 1.25. The van der Waals surface area contributed by atoms with Crippen LogP contribution in [0.3, 0.4) is 0 Å². The van der Waals surface area contributed by atoms with Crippen LogP contribution in [-0.2, 0) is 9.53 Å². The van der Waals surface area contributed by atoms with Crippen LogP contribution in [0.4, 0.5) is 0 Å². The van der Waals surface area contributed by atoms with Gasteiger partial charge in [-0.05, 0) is 36.8 Å². The summed E-state index contributed by atoms with van der Waals surface area (Å²) in [5.41, 5.74) is 8.04. The van der Waals surface area contributed by atoms with Gasteiger partial charge in [0.05, 0.1) is 19.1 Å². The minimum Gasteiger partial charge on any atom is -0.375 e. The first-order chi connectivity index (χ1) is 13.2. The van der Waals surface area contributed by atoms with Crippen LogP contribution in [0, 0.1) is 5.92 Å². The van der Waals surface area contributed by atoms with Gasteiger partial charge in [-0.15, -0.1) is 0 Å². The number of morpholine rings is 1. The molecule has 3 atom stereocenters. The number of carbonyl (C=O) groups is 1. The third-order valence-corrected chi connectivity index (χ3v) is 6.43. The Morgan fingerprint density at radius 2 is 2.04 bits per heavy atom. The lowest BCUT2D eigenvalue weighted by Gasteiger charge is -2.35. The number of hydrogen-bond acceptors (Lipinski definition) is 5. The van der Waals surface area contributed by atoms with Crippen LogP contribution in [0.5, 0.6) is 0 Å². The third-order valence-electron chi connectivity index (χ3n) is 6.08. The fraction of sp³-hybridized carbons (Fsp3) is 0.650. The molecule has 148 valence electrons. The number of benzene rings is 1. The van der Waals surface area contributed by atoms with Gasteiger partial charge in [-0.2, -0.15) is 0 Å². The summed E-state index contributed by atoms with van der Waals surface area (Å²) in [7, 11) is 0. The van der Waals surface area contributed by atoms with Gasteiger partial charge < -0.3 is 15.0 Å². The minimum absolute atomic E-state index is 0.0288. The lowest BCUT2D eigenvalue weighted by atomic mass is 9.86. The van der Waals surface area contributed by atoms with Gasteiger partial charge in [0.25, 0.3) is 0 Å². The molecule has 0 radical (unpaired) electrons. The van der Waals surface area contributed by atoms with Crippen molar-refractivity contribution in [2.24, 2.45) is 5.92 Å². The van der Waals surface area contributed by atoms with E-state index in [0.29, 0.717) is 25.0 Å². The first kappa shape index (κ1) is 19.2. The van der Waals surface area contributed by atoms with E-state index >= 15 is 0 Å². The Bertz CT molecular complexity index is 645. The molecule has 6 nitrogen and oxygen atoms in total. The van der Waals surface area contributed by atoms with E-state index in [2.05, 4.69) is 22.2 Å². The van der Waals surface area contributed by atoms with E-state index in [9.17, 15) is 4.79 Å². The van der Waals surface area contributed by atoms with Crippen LogP contribution in [0.25, 0.3) is 0 Å². The van der Waals surface area contributed by atoms with Crippen molar-refractivity contribution in [3.05, 3.63) is 34.9 Å². The zero-order chi connectivity index (χ0) is 18.6. The van der Waals surface area contributed by atoms with Crippen LogP contribution in [0.2, 0.25) is 5.02 Å². The summed E-state index contributed by atoms with van der Waals surface area (Å²) in [5.74, 6) is 0.815. The molecule has 0 aliphatic carbocycles. The van der Waals surface area contributed by atoms with Gasteiger partial charge in [0.2, 0.25) is 5.91 Å². The second-order valence-corrected chi connectivity index (χ2v) is 8.23. The SMILES string of the molecule is O=C(CC1CNCCO1)N1CCC(C2CC(c3ccccc3Cl)NN2)CC1. The Morgan fingerprint density at radius 1 is 1.22 bits per heavy atom. The number of hydrogen-bond donors (Lipinski definition) is 3. The smallest absolute Gasteiger partial charge is 0.225 e. The van der Waals surface area contributed by atoms with Gasteiger partial charge in [-0.3, -0.25) is 10.2 Å². The van der Waals surface area contributed by atoms with Gasteiger partial charge in [0.15, 0.2) is 0 Å². The Kier molecular flexibility index (Phi) is 6.30. The molecule has 3 aliphatic rings. The molecule has 1 aromatic rings. The Hall–Kier alpha value is -1.18. The van der Waals surface area contributed by atoms with E-state index in [1.54, 1.807) is 0 Å². The average Bonchev–Trinajstić information content (AvgIpc) is 3.19. The first-order valence-corrected chi connectivity index (χ1v) is 10.4. The predicted octanol–water partition coefficient (Wildman–Crippen LogP) is 1.86. The summed E-state index contributed by atoms with van der Waals surface area (Å²) >= 11 is 6.35. The minimum atomic E-state index is 0.0288. The van der Waals surface area contributed by atoms with Crippen molar-refractivity contribution < 1.29 is 9.53 Å². The molecule has 4 rings (SSSR count). The van der Waals surface area contributed by atoms with Crippen molar-refractivity contribution in [2.75, 3.05) is 32.8 Å². The molecule has 3 heterocycles. The van der Waals surface area contributed by atoms with E-state index in [4.69, 9.17) is 16.3 Å². The molecule has 7 heteroatoms. The standard InChI is InChI=1S/C20H29ClN4O2/c21-17-4-2-1-3-16(17)19-12-18(23-24-19)14-5-8-25(9-6-14)20(26)11-15-13-22-7-10-27-15/h1-4,14-15,18-19,22-24H,5-13H2. The van der Waals surface area contributed by atoms with Gasteiger partial charge in [-0.25, -0.2) is 5.43 Å². The fourth-order valence-electron chi connectivity index (χ4n) is 4.48. The maximum Gasteiger partial charge on any atom is 0.225 e. The number of rotatable bonds is 4. The average molecular weight is 393 g/mol. The van der Waals surface area contributed by atoms with Gasteiger partial charge >= 0.3 is 0 Å². The number of piperidine rings is 1. The summed E-state index contributed by atoms with van der Waals surface area (Å²) in [5, 5.41) is 4.11. The highest BCUT2D eigenvalue weighted by molar-refractivity contribution is 6.31. The largest absolute Gasteiger partial charge is 0.375 e. The Labute approximate surface area is 165 Å². The topological polar surface area (TPSA) is 65.6 Å². The molecule has 3 unspecified atom stereocenters. The molecular formula is C20H29ClN4O2. The highest BCUT2D eigenvalue weighted by atomic mass is 35.5. The maximum atomic E-state index is 12.5. The summed E-state index contributed by atoms with van der Waals surface area (Å²) in [6, 6.07) is 8.71. The number of carbonyl (C=O) groups excluding carboxylic acids is 1. The monoisotopic (exact) mass is 392 g/mol. The van der Waals surface area contributed by atoms with E-state index < -0.39 is 0 Å². The molecule has 3 aliphatic heterocycles. The van der Waals surface area contributed by atoms with Crippen molar-refractivity contribution in [2.45, 2.75) is 43.9 Å². The number of likely N-dealkylation sites (tertiary alicyclic amines) is 1. The van der Waals surface area contributed by atoms with Crippen molar-refractivity contribution in [3.8, 4) is 0 Å². The lowest BCUT2D eigenvalue weighted by molar-refractivity contribution is -0.136. The number of ether oxygens (including phenoxy) is 1. The summed E-state index contributed by atoms with van der Waals surface area (Å²) < 4.78 is 5.67. The van der Waals surface area contributed by atoms with Crippen LogP contribution < -0.4 is 16.2 Å². The van der Waals surface area contributed by atoms with Crippen LogP contribution in [0.1, 0.15) is 37.3 Å². The quantitative estimate of drug-likeness (QED) is 0.730. The van der Waals surface area contributed by atoms with Crippen LogP contribution in [-0.4, -0.2) is 55.7 Å². The number of nitrogens with zero attached hydrogens (tertiary/aromatic N) is 1. The molecular weight excluding hydrogens is 364 g/mol. The number of nitrogens with one attached hydrogen (secondary N) is 3. The zero-order valence-electron chi connectivity index (χ0n) is 15.6. The second-order valence-electron chi connectivity index (χ2n) is 7.82. The molecule has 0 aromatic heterocycles. The van der Waals surface area contributed by atoms with Gasteiger partial charge in [0.1, 0.15) is 0 Å². The van der Waals surface area contributed by atoms with E-state index in [1.165, 1.54) is 0 Å². The lowest BCUT2D eigenvalue weighted by Crippen LogP contribution is -2.47. The summed E-state index contributed by atoms with van der Waals surface area (Å²) in [4.78, 5) is 14.6. The molecule has 3 fully saturated rings. The summed E-state index contributed by atoms with van der Waals surface area (Å²) in [6.45, 7) is 4.06. The van der Waals surface area contributed by atoms with Crippen LogP contribution >= 0.6 is 11.6 Å². The molecule has 0 spiro atoms. The molecule has 3 N–H and O–H groups in total. The molecule has 3 saturated heterocycles. The van der Waals surface area contributed by atoms with Crippen LogP contribution in [0.15, 0.2) is 24.3 Å². The molecule has 0 bridgehead atoms. The number of hydrazine groups is 1. The molecule has 1 amide bonds. The van der Waals surface area contributed by atoms with Crippen molar-refractivity contribution in [1.82, 2.24) is 21.1 Å². The van der Waals surface area contributed by atoms with Gasteiger partial charge in [0, 0.05) is 43.3 Å². The number of halogens is 1. The maximum absolute atomic E-state index is 12.5. The van der Waals surface area contributed by atoms with E-state index in [0.717, 1.165) is 56.0 Å². The van der Waals surface area contributed by atoms with E-state index in [1.807, 2.05) is 23.1 Å². The normalized spacial score (nSPS) is 29.8. The number of amides is 1. The van der Waals surface area contributed by atoms with Crippen molar-refractivity contribution in [3.63, 3.8) is 0 Å². The second kappa shape index (κ2) is 8.88. The first-order valence-electron chi connectivity index (χ1n) is 10.1. The Morgan fingerprint density at radius 3 is 2.78 bits per heavy atom. The van der Waals surface area contributed by atoms with Crippen molar-refractivity contribution >= 4 is 17.5 Å². The van der Waals surface area contributed by atoms with Gasteiger partial charge in [-0.1, -0.05) is 29.8 Å². The molecule has 0 saturated carbocycles. The van der Waals surface area contributed by atoms with E-state index in [-0.39, 0.29) is 18.1 Å². The third kappa shape index (κ3) is 4.63. The summed E-state index contributed by atoms with van der Waals surface area (Å²) in [6.07, 6.45) is 3.65. The fourth-order valence-corrected chi connectivity index (χ4v) is 4.75. The predicted molar refractivity (Wildman–Crippen MR) is 105 cm³/mol. The zero-order valence-corrected chi connectivity index (χ0v) is 16.4.